The topological polar surface area (TPSA) is 83.0 Å². The van der Waals surface area contributed by atoms with Crippen molar-refractivity contribution >= 4 is 11.0 Å². The molecule has 0 aliphatic heterocycles. The van der Waals surface area contributed by atoms with E-state index in [1.165, 1.54) is 6.26 Å². The Kier molecular flexibility index (Phi) is 2.01. The molecule has 0 bridgehead atoms. The predicted molar refractivity (Wildman–Crippen MR) is 59.4 cm³/mol. The first kappa shape index (κ1) is 9.71. The Hall–Kier alpha value is -2.50. The number of benzene rings is 1. The minimum atomic E-state index is -0.176. The molecule has 0 N–H and O–H groups in total. The minimum absolute atomic E-state index is 0.176. The third kappa shape index (κ3) is 1.50. The molecule has 3 aromatic rings. The number of rotatable bonds is 1. The van der Waals surface area contributed by atoms with Crippen molar-refractivity contribution in [2.75, 3.05) is 0 Å². The van der Waals surface area contributed by atoms with Crippen LogP contribution in [-0.2, 0) is 0 Å². The molecule has 0 aliphatic carbocycles. The van der Waals surface area contributed by atoms with Gasteiger partial charge in [0.2, 0.25) is 5.43 Å². The smallest absolute Gasteiger partial charge is 0.200 e. The van der Waals surface area contributed by atoms with Gasteiger partial charge < -0.3 is 9.52 Å². The van der Waals surface area contributed by atoms with Crippen LogP contribution in [0.25, 0.3) is 22.4 Å². The first-order valence-electron chi connectivity index (χ1n) is 4.97. The second kappa shape index (κ2) is 3.51. The zero-order valence-corrected chi connectivity index (χ0v) is 8.91. The van der Waals surface area contributed by atoms with Gasteiger partial charge in [0.05, 0.1) is 10.9 Å². The van der Waals surface area contributed by atoms with Crippen molar-refractivity contribution in [1.82, 2.24) is 20.6 Å². The first-order valence-corrected chi connectivity index (χ1v) is 4.97. The average molecular weight is 227 g/mol. The second-order valence-electron chi connectivity index (χ2n) is 3.68. The summed E-state index contributed by atoms with van der Waals surface area (Å²) in [5.74, 6) is 0.183. The molecule has 0 radical (unpaired) electrons. The summed E-state index contributed by atoms with van der Waals surface area (Å²) in [6.07, 6.45) is 1.33. The van der Waals surface area contributed by atoms with E-state index in [9.17, 15) is 4.79 Å². The molecule has 0 amide bonds. The molecule has 84 valence electrons. The van der Waals surface area contributed by atoms with Crippen LogP contribution >= 0.6 is 0 Å². The Labute approximate surface area is 95.3 Å². The lowest BCUT2D eigenvalue weighted by molar-refractivity contribution is 0.604. The number of hydrogen-bond donors (Lipinski definition) is 0. The highest BCUT2D eigenvalue weighted by molar-refractivity contribution is 5.80. The summed E-state index contributed by atoms with van der Waals surface area (Å²) in [5.41, 5.74) is 1.62. The van der Waals surface area contributed by atoms with E-state index in [0.717, 1.165) is 5.56 Å². The summed E-state index contributed by atoms with van der Waals surface area (Å²) in [6.45, 7) is 1.91. The van der Waals surface area contributed by atoms with Crippen LogP contribution < -0.4 is 10.5 Å². The molecule has 0 fully saturated rings. The molecule has 6 nitrogen and oxygen atoms in total. The maximum absolute atomic E-state index is 12.2. The van der Waals surface area contributed by atoms with Gasteiger partial charge in [-0.05, 0) is 19.1 Å². The normalized spacial score (nSPS) is 10.9. The van der Waals surface area contributed by atoms with Crippen LogP contribution in [0.2, 0.25) is 0 Å². The molecular formula is C11H7N4O2-. The van der Waals surface area contributed by atoms with Crippen LogP contribution in [0.15, 0.2) is 33.7 Å². The molecular weight excluding hydrogens is 220 g/mol. The Balaban J connectivity index is 2.36. The van der Waals surface area contributed by atoms with E-state index < -0.39 is 0 Å². The van der Waals surface area contributed by atoms with E-state index in [2.05, 4.69) is 20.6 Å². The number of aromatic nitrogens is 4. The van der Waals surface area contributed by atoms with Crippen molar-refractivity contribution < 1.29 is 4.42 Å². The van der Waals surface area contributed by atoms with E-state index in [1.54, 1.807) is 12.1 Å². The average Bonchev–Trinajstić information content (AvgIpc) is 2.84. The predicted octanol–water partition coefficient (Wildman–Crippen LogP) is 0.911. The second-order valence-corrected chi connectivity index (χ2v) is 3.68. The first-order chi connectivity index (χ1) is 8.25. The van der Waals surface area contributed by atoms with Crippen molar-refractivity contribution in [3.05, 3.63) is 40.2 Å². The minimum Gasteiger partial charge on any atom is -0.463 e. The zero-order valence-electron chi connectivity index (χ0n) is 8.91. The third-order valence-electron chi connectivity index (χ3n) is 2.49. The van der Waals surface area contributed by atoms with Gasteiger partial charge in [-0.1, -0.05) is 11.6 Å². The molecule has 0 spiro atoms. The van der Waals surface area contributed by atoms with Crippen molar-refractivity contribution in [2.45, 2.75) is 6.92 Å². The van der Waals surface area contributed by atoms with Gasteiger partial charge in [-0.25, -0.2) is 0 Å². The summed E-state index contributed by atoms with van der Waals surface area (Å²) in [5, 5.41) is 14.5. The summed E-state index contributed by atoms with van der Waals surface area (Å²) < 4.78 is 5.37. The van der Waals surface area contributed by atoms with E-state index in [0.29, 0.717) is 11.0 Å². The summed E-state index contributed by atoms with van der Waals surface area (Å²) in [7, 11) is 0. The maximum atomic E-state index is 12.2. The molecule has 2 aromatic heterocycles. The SMILES string of the molecule is Cc1ccc2occ(-c3nnn[n-]3)c(=O)c2c1. The fraction of sp³-hybridized carbons (Fsp3) is 0.0909. The lowest BCUT2D eigenvalue weighted by Crippen LogP contribution is -2.06. The lowest BCUT2D eigenvalue weighted by atomic mass is 10.1. The molecule has 0 aliphatic rings. The van der Waals surface area contributed by atoms with Gasteiger partial charge in [-0.3, -0.25) is 15.1 Å². The highest BCUT2D eigenvalue weighted by Gasteiger charge is 2.08. The monoisotopic (exact) mass is 227 g/mol. The fourth-order valence-electron chi connectivity index (χ4n) is 1.65. The quantitative estimate of drug-likeness (QED) is 0.614. The van der Waals surface area contributed by atoms with Crippen LogP contribution in [0, 0.1) is 6.92 Å². The molecule has 2 heterocycles. The van der Waals surface area contributed by atoms with E-state index >= 15 is 0 Å². The molecule has 6 heteroatoms. The summed E-state index contributed by atoms with van der Waals surface area (Å²) in [6, 6.07) is 5.42. The van der Waals surface area contributed by atoms with Crippen LogP contribution in [0.4, 0.5) is 0 Å². The number of nitrogens with zero attached hydrogens (tertiary/aromatic N) is 4. The number of aryl methyl sites for hydroxylation is 1. The molecule has 1 aromatic carbocycles. The Morgan fingerprint density at radius 3 is 3.00 bits per heavy atom. The van der Waals surface area contributed by atoms with Crippen molar-refractivity contribution in [2.24, 2.45) is 0 Å². The Bertz CT molecular complexity index is 731. The van der Waals surface area contributed by atoms with Crippen molar-refractivity contribution in [3.63, 3.8) is 0 Å². The van der Waals surface area contributed by atoms with Crippen LogP contribution in [0.5, 0.6) is 0 Å². The molecule has 0 unspecified atom stereocenters. The van der Waals surface area contributed by atoms with E-state index in [-0.39, 0.29) is 16.8 Å². The van der Waals surface area contributed by atoms with E-state index in [4.69, 9.17) is 4.42 Å². The molecule has 17 heavy (non-hydrogen) atoms. The molecule has 0 saturated heterocycles. The third-order valence-corrected chi connectivity index (χ3v) is 2.49. The van der Waals surface area contributed by atoms with Crippen molar-refractivity contribution in [3.8, 4) is 11.4 Å². The number of hydrogen-bond acceptors (Lipinski definition) is 5. The van der Waals surface area contributed by atoms with Crippen LogP contribution in [-0.4, -0.2) is 15.5 Å². The van der Waals surface area contributed by atoms with E-state index in [1.807, 2.05) is 13.0 Å². The summed E-state index contributed by atoms with van der Waals surface area (Å²) >= 11 is 0. The van der Waals surface area contributed by atoms with Gasteiger partial charge in [0, 0.05) is 5.82 Å². The lowest BCUT2D eigenvalue weighted by Gasteiger charge is -2.02. The fourth-order valence-corrected chi connectivity index (χ4v) is 1.65. The van der Waals surface area contributed by atoms with Gasteiger partial charge in [-0.2, -0.15) is 5.21 Å². The molecule has 3 rings (SSSR count). The van der Waals surface area contributed by atoms with Crippen LogP contribution in [0.1, 0.15) is 5.56 Å². The van der Waals surface area contributed by atoms with Gasteiger partial charge in [0.25, 0.3) is 0 Å². The van der Waals surface area contributed by atoms with Crippen molar-refractivity contribution in [1.29, 1.82) is 0 Å². The number of fused-ring (bicyclic) bond motifs is 1. The molecule has 0 saturated carbocycles. The highest BCUT2D eigenvalue weighted by Crippen LogP contribution is 2.16. The zero-order chi connectivity index (χ0) is 11.8. The largest absolute Gasteiger partial charge is 0.463 e. The van der Waals surface area contributed by atoms with Crippen LogP contribution in [0.3, 0.4) is 0 Å². The van der Waals surface area contributed by atoms with Gasteiger partial charge >= 0.3 is 0 Å². The summed E-state index contributed by atoms with van der Waals surface area (Å²) in [4.78, 5) is 12.2. The highest BCUT2D eigenvalue weighted by atomic mass is 16.3. The standard InChI is InChI=1S/C11H7N4O2/c1-6-2-3-9-7(4-6)10(16)8(5-17-9)11-12-14-15-13-11/h2-5H,1H3/q-1. The van der Waals surface area contributed by atoms with Gasteiger partial charge in [0.1, 0.15) is 11.8 Å². The number of tetrazole rings is 1. The van der Waals surface area contributed by atoms with Gasteiger partial charge in [-0.15, -0.1) is 0 Å². The van der Waals surface area contributed by atoms with Gasteiger partial charge in [0.15, 0.2) is 0 Å². The maximum Gasteiger partial charge on any atom is 0.200 e. The molecule has 0 atom stereocenters. The Morgan fingerprint density at radius 2 is 2.24 bits per heavy atom. The Morgan fingerprint density at radius 1 is 1.35 bits per heavy atom.